The maximum atomic E-state index is 13.0. The van der Waals surface area contributed by atoms with Gasteiger partial charge in [-0.25, -0.2) is 9.97 Å². The molecule has 2 heterocycles. The van der Waals surface area contributed by atoms with Crippen molar-refractivity contribution in [2.24, 2.45) is 17.6 Å². The number of aromatic nitrogens is 2. The summed E-state index contributed by atoms with van der Waals surface area (Å²) in [5, 5.41) is 0. The maximum absolute atomic E-state index is 13.0. The molecule has 1 aliphatic heterocycles. The number of nitrogens with two attached hydrogens (primary N) is 1. The molecule has 0 aliphatic carbocycles. The molecule has 1 amide bonds. The summed E-state index contributed by atoms with van der Waals surface area (Å²) in [5.41, 5.74) is 5.79. The Labute approximate surface area is 126 Å². The number of likely N-dealkylation sites (tertiary alicyclic amines) is 1. The van der Waals surface area contributed by atoms with E-state index in [4.69, 9.17) is 5.73 Å². The average molecular weight is 317 g/mol. The smallest absolute Gasteiger partial charge is 0.369 e. The molecule has 0 bridgehead atoms. The summed E-state index contributed by atoms with van der Waals surface area (Å²) in [5.74, 6) is -3.31. The van der Waals surface area contributed by atoms with Gasteiger partial charge in [-0.2, -0.15) is 13.2 Å². The molecular formula is C13H18F3N5O. The van der Waals surface area contributed by atoms with Crippen molar-refractivity contribution in [2.45, 2.75) is 12.7 Å². The van der Waals surface area contributed by atoms with Crippen LogP contribution < -0.4 is 10.6 Å². The number of carbonyl (C=O) groups excluding carboxylic acids is 1. The van der Waals surface area contributed by atoms with Crippen LogP contribution in [0.5, 0.6) is 0 Å². The monoisotopic (exact) mass is 317 g/mol. The highest BCUT2D eigenvalue weighted by Crippen LogP contribution is 2.37. The Hall–Kier alpha value is -1.90. The largest absolute Gasteiger partial charge is 0.393 e. The van der Waals surface area contributed by atoms with E-state index in [0.29, 0.717) is 11.5 Å². The number of hydrogen-bond acceptors (Lipinski definition) is 5. The van der Waals surface area contributed by atoms with Crippen LogP contribution in [0.25, 0.3) is 0 Å². The Kier molecular flexibility index (Phi) is 4.55. The van der Waals surface area contributed by atoms with E-state index in [0.717, 1.165) is 0 Å². The summed E-state index contributed by atoms with van der Waals surface area (Å²) in [6.07, 6.45) is -1.29. The number of carbonyl (C=O) groups is 1. The van der Waals surface area contributed by atoms with E-state index in [9.17, 15) is 18.0 Å². The molecule has 0 saturated carbocycles. The van der Waals surface area contributed by atoms with Crippen molar-refractivity contribution >= 4 is 11.9 Å². The Morgan fingerprint density at radius 1 is 1.36 bits per heavy atom. The van der Waals surface area contributed by atoms with Crippen molar-refractivity contribution in [1.82, 2.24) is 14.9 Å². The fourth-order valence-corrected chi connectivity index (χ4v) is 2.55. The lowest BCUT2D eigenvalue weighted by atomic mass is 9.95. The minimum absolute atomic E-state index is 0.00502. The van der Waals surface area contributed by atoms with E-state index in [1.807, 2.05) is 0 Å². The number of rotatable bonds is 4. The van der Waals surface area contributed by atoms with Crippen molar-refractivity contribution in [2.75, 3.05) is 32.1 Å². The van der Waals surface area contributed by atoms with Crippen LogP contribution in [0.15, 0.2) is 12.4 Å². The van der Waals surface area contributed by atoms with Crippen molar-refractivity contribution in [3.8, 4) is 0 Å². The Morgan fingerprint density at radius 2 is 1.95 bits per heavy atom. The van der Waals surface area contributed by atoms with Gasteiger partial charge in [-0.1, -0.05) is 0 Å². The highest BCUT2D eigenvalue weighted by molar-refractivity contribution is 5.77. The third kappa shape index (κ3) is 3.65. The van der Waals surface area contributed by atoms with Gasteiger partial charge < -0.3 is 10.6 Å². The molecular weight excluding hydrogens is 299 g/mol. The van der Waals surface area contributed by atoms with Crippen LogP contribution in [-0.4, -0.2) is 54.1 Å². The molecule has 122 valence electrons. The van der Waals surface area contributed by atoms with Crippen LogP contribution in [0.1, 0.15) is 5.56 Å². The molecule has 1 fully saturated rings. The number of anilines is 1. The van der Waals surface area contributed by atoms with E-state index in [1.54, 1.807) is 36.3 Å². The predicted octanol–water partition coefficient (Wildman–Crippen LogP) is 0.638. The number of primary amides is 1. The SMILES string of the molecule is CN(C)c1ncc(CN2C[C@@H](C(F)(F)F)[C@H](C(N)=O)C2)cn1. The third-order valence-corrected chi connectivity index (χ3v) is 3.68. The number of alkyl halides is 3. The van der Waals surface area contributed by atoms with E-state index >= 15 is 0 Å². The fraction of sp³-hybridized carbons (Fsp3) is 0.615. The highest BCUT2D eigenvalue weighted by atomic mass is 19.4. The summed E-state index contributed by atoms with van der Waals surface area (Å²) in [6, 6.07) is 0. The Bertz CT molecular complexity index is 531. The predicted molar refractivity (Wildman–Crippen MR) is 73.9 cm³/mol. The van der Waals surface area contributed by atoms with E-state index in [1.165, 1.54) is 0 Å². The molecule has 1 aromatic heterocycles. The second kappa shape index (κ2) is 6.07. The van der Waals surface area contributed by atoms with Gasteiger partial charge in [0.05, 0.1) is 11.8 Å². The molecule has 0 radical (unpaired) electrons. The molecule has 2 N–H and O–H groups in total. The van der Waals surface area contributed by atoms with E-state index in [-0.39, 0.29) is 19.6 Å². The quantitative estimate of drug-likeness (QED) is 0.882. The number of nitrogens with zero attached hydrogens (tertiary/aromatic N) is 4. The van der Waals surface area contributed by atoms with Crippen LogP contribution in [0.4, 0.5) is 19.1 Å². The van der Waals surface area contributed by atoms with Gasteiger partial charge >= 0.3 is 6.18 Å². The molecule has 0 spiro atoms. The van der Waals surface area contributed by atoms with Gasteiger partial charge in [0.1, 0.15) is 0 Å². The lowest BCUT2D eigenvalue weighted by Gasteiger charge is -2.18. The Morgan fingerprint density at radius 3 is 2.36 bits per heavy atom. The van der Waals surface area contributed by atoms with Crippen LogP contribution in [0.3, 0.4) is 0 Å². The van der Waals surface area contributed by atoms with Gasteiger partial charge in [-0.3, -0.25) is 9.69 Å². The summed E-state index contributed by atoms with van der Waals surface area (Å²) in [7, 11) is 3.59. The molecule has 2 atom stereocenters. The standard InChI is InChI=1S/C13H18F3N5O/c1-20(2)12-18-3-8(4-19-12)5-21-6-9(11(17)22)10(7-21)13(14,15)16/h3-4,9-10H,5-7H2,1-2H3,(H2,17,22)/t9-,10-/m1/s1. The van der Waals surface area contributed by atoms with Gasteiger partial charge in [-0.15, -0.1) is 0 Å². The first-order chi connectivity index (χ1) is 10.2. The molecule has 1 aliphatic rings. The van der Waals surface area contributed by atoms with Crippen molar-refractivity contribution in [3.05, 3.63) is 18.0 Å². The van der Waals surface area contributed by atoms with Crippen LogP contribution in [0.2, 0.25) is 0 Å². The third-order valence-electron chi connectivity index (χ3n) is 3.68. The molecule has 0 unspecified atom stereocenters. The minimum Gasteiger partial charge on any atom is -0.369 e. The Balaban J connectivity index is 2.06. The zero-order chi connectivity index (χ0) is 16.5. The lowest BCUT2D eigenvalue weighted by Crippen LogP contribution is -2.37. The van der Waals surface area contributed by atoms with Gasteiger partial charge in [0.15, 0.2) is 0 Å². The van der Waals surface area contributed by atoms with Crippen molar-refractivity contribution < 1.29 is 18.0 Å². The first kappa shape index (κ1) is 16.5. The topological polar surface area (TPSA) is 75.3 Å². The molecule has 9 heteroatoms. The molecule has 6 nitrogen and oxygen atoms in total. The van der Waals surface area contributed by atoms with Crippen molar-refractivity contribution in [1.29, 1.82) is 0 Å². The molecule has 2 rings (SSSR count). The van der Waals surface area contributed by atoms with Gasteiger partial charge in [0, 0.05) is 51.7 Å². The van der Waals surface area contributed by atoms with E-state index < -0.39 is 23.9 Å². The number of amides is 1. The van der Waals surface area contributed by atoms with Crippen LogP contribution in [-0.2, 0) is 11.3 Å². The zero-order valence-corrected chi connectivity index (χ0v) is 12.3. The summed E-state index contributed by atoms with van der Waals surface area (Å²) in [6.45, 7) is 0.00551. The second-order valence-corrected chi connectivity index (χ2v) is 5.64. The minimum atomic E-state index is -4.43. The second-order valence-electron chi connectivity index (χ2n) is 5.64. The first-order valence-corrected chi connectivity index (χ1v) is 6.75. The first-order valence-electron chi connectivity index (χ1n) is 6.75. The fourth-order valence-electron chi connectivity index (χ4n) is 2.55. The zero-order valence-electron chi connectivity index (χ0n) is 12.3. The van der Waals surface area contributed by atoms with Gasteiger partial charge in [0.2, 0.25) is 11.9 Å². The van der Waals surface area contributed by atoms with Gasteiger partial charge in [0.25, 0.3) is 0 Å². The molecule has 22 heavy (non-hydrogen) atoms. The number of hydrogen-bond donors (Lipinski definition) is 1. The molecule has 0 aromatic carbocycles. The average Bonchev–Trinajstić information content (AvgIpc) is 2.83. The normalized spacial score (nSPS) is 22.8. The van der Waals surface area contributed by atoms with Crippen molar-refractivity contribution in [3.63, 3.8) is 0 Å². The van der Waals surface area contributed by atoms with Crippen LogP contribution in [0, 0.1) is 11.8 Å². The highest BCUT2D eigenvalue weighted by Gasteiger charge is 2.51. The number of halogens is 3. The summed E-state index contributed by atoms with van der Waals surface area (Å²) < 4.78 is 38.9. The van der Waals surface area contributed by atoms with Crippen LogP contribution >= 0.6 is 0 Å². The summed E-state index contributed by atoms with van der Waals surface area (Å²) in [4.78, 5) is 22.8. The molecule has 1 saturated heterocycles. The summed E-state index contributed by atoms with van der Waals surface area (Å²) >= 11 is 0. The van der Waals surface area contributed by atoms with E-state index in [2.05, 4.69) is 9.97 Å². The lowest BCUT2D eigenvalue weighted by molar-refractivity contribution is -0.182. The maximum Gasteiger partial charge on any atom is 0.393 e. The molecule has 1 aromatic rings. The van der Waals surface area contributed by atoms with Gasteiger partial charge in [-0.05, 0) is 0 Å².